The SMILES string of the molecule is CN=C(NCC(C)c1cccc(C)c1)NC1CC1. The van der Waals surface area contributed by atoms with Gasteiger partial charge in [-0.1, -0.05) is 36.8 Å². The zero-order valence-electron chi connectivity index (χ0n) is 11.5. The number of hydrogen-bond donors (Lipinski definition) is 2. The van der Waals surface area contributed by atoms with Gasteiger partial charge in [-0.15, -0.1) is 0 Å². The Morgan fingerprint density at radius 3 is 2.83 bits per heavy atom. The first-order valence-electron chi connectivity index (χ1n) is 6.73. The van der Waals surface area contributed by atoms with Crippen molar-refractivity contribution in [2.45, 2.75) is 38.6 Å². The smallest absolute Gasteiger partial charge is 0.191 e. The Balaban J connectivity index is 1.84. The average Bonchev–Trinajstić information content (AvgIpc) is 3.18. The molecule has 3 nitrogen and oxygen atoms in total. The number of hydrogen-bond acceptors (Lipinski definition) is 1. The van der Waals surface area contributed by atoms with Crippen LogP contribution >= 0.6 is 0 Å². The molecule has 1 unspecified atom stereocenters. The summed E-state index contributed by atoms with van der Waals surface area (Å²) in [6.07, 6.45) is 2.54. The van der Waals surface area contributed by atoms with Crippen LogP contribution in [0.2, 0.25) is 0 Å². The summed E-state index contributed by atoms with van der Waals surface area (Å²) in [5.41, 5.74) is 2.70. The standard InChI is InChI=1S/C15H23N3/c1-11-5-4-6-13(9-11)12(2)10-17-15(16-3)18-14-7-8-14/h4-6,9,12,14H,7-8,10H2,1-3H3,(H2,16,17,18). The molecule has 0 saturated heterocycles. The van der Waals surface area contributed by atoms with E-state index in [9.17, 15) is 0 Å². The molecule has 0 radical (unpaired) electrons. The Hall–Kier alpha value is -1.51. The van der Waals surface area contributed by atoms with Crippen LogP contribution in [0.3, 0.4) is 0 Å². The van der Waals surface area contributed by atoms with E-state index in [1.807, 2.05) is 7.05 Å². The second kappa shape index (κ2) is 5.89. The van der Waals surface area contributed by atoms with E-state index in [0.29, 0.717) is 12.0 Å². The van der Waals surface area contributed by atoms with Crippen LogP contribution in [0.15, 0.2) is 29.3 Å². The molecule has 2 N–H and O–H groups in total. The number of aryl methyl sites for hydroxylation is 1. The molecular formula is C15H23N3. The van der Waals surface area contributed by atoms with Gasteiger partial charge in [0.2, 0.25) is 0 Å². The summed E-state index contributed by atoms with van der Waals surface area (Å²) >= 11 is 0. The number of benzene rings is 1. The second-order valence-electron chi connectivity index (χ2n) is 5.19. The molecule has 0 heterocycles. The molecule has 1 aromatic carbocycles. The van der Waals surface area contributed by atoms with Gasteiger partial charge in [-0.05, 0) is 31.2 Å². The highest BCUT2D eigenvalue weighted by atomic mass is 15.2. The predicted molar refractivity (Wildman–Crippen MR) is 77.1 cm³/mol. The van der Waals surface area contributed by atoms with Gasteiger partial charge in [0.1, 0.15) is 0 Å². The summed E-state index contributed by atoms with van der Waals surface area (Å²) in [4.78, 5) is 4.25. The van der Waals surface area contributed by atoms with E-state index < -0.39 is 0 Å². The lowest BCUT2D eigenvalue weighted by atomic mass is 9.99. The number of nitrogens with one attached hydrogen (secondary N) is 2. The molecule has 98 valence electrons. The first kappa shape index (κ1) is 12.9. The summed E-state index contributed by atoms with van der Waals surface area (Å²) in [7, 11) is 1.83. The molecule has 1 aromatic rings. The van der Waals surface area contributed by atoms with E-state index in [1.54, 1.807) is 0 Å². The minimum Gasteiger partial charge on any atom is -0.356 e. The van der Waals surface area contributed by atoms with Crippen LogP contribution < -0.4 is 10.6 Å². The molecular weight excluding hydrogens is 222 g/mol. The second-order valence-corrected chi connectivity index (χ2v) is 5.19. The van der Waals surface area contributed by atoms with Crippen LogP contribution in [-0.4, -0.2) is 25.6 Å². The van der Waals surface area contributed by atoms with Crippen LogP contribution in [0.4, 0.5) is 0 Å². The van der Waals surface area contributed by atoms with Crippen molar-refractivity contribution in [2.24, 2.45) is 4.99 Å². The van der Waals surface area contributed by atoms with Gasteiger partial charge in [0, 0.05) is 19.6 Å². The summed E-state index contributed by atoms with van der Waals surface area (Å²) < 4.78 is 0. The lowest BCUT2D eigenvalue weighted by molar-refractivity contribution is 0.697. The van der Waals surface area contributed by atoms with Crippen molar-refractivity contribution in [1.29, 1.82) is 0 Å². The molecule has 0 spiro atoms. The first-order valence-corrected chi connectivity index (χ1v) is 6.73. The number of rotatable bonds is 4. The quantitative estimate of drug-likeness (QED) is 0.631. The van der Waals surface area contributed by atoms with Gasteiger partial charge in [-0.3, -0.25) is 4.99 Å². The van der Waals surface area contributed by atoms with Crippen molar-refractivity contribution in [1.82, 2.24) is 10.6 Å². The van der Waals surface area contributed by atoms with Crippen molar-refractivity contribution in [2.75, 3.05) is 13.6 Å². The van der Waals surface area contributed by atoms with Gasteiger partial charge in [0.25, 0.3) is 0 Å². The fourth-order valence-corrected chi connectivity index (χ4v) is 1.96. The maximum atomic E-state index is 4.25. The summed E-state index contributed by atoms with van der Waals surface area (Å²) in [5, 5.41) is 6.80. The maximum absolute atomic E-state index is 4.25. The summed E-state index contributed by atoms with van der Waals surface area (Å²) in [6.45, 7) is 5.29. The zero-order chi connectivity index (χ0) is 13.0. The van der Waals surface area contributed by atoms with Gasteiger partial charge in [-0.2, -0.15) is 0 Å². The van der Waals surface area contributed by atoms with Crippen molar-refractivity contribution in [3.05, 3.63) is 35.4 Å². The van der Waals surface area contributed by atoms with Crippen molar-refractivity contribution in [3.63, 3.8) is 0 Å². The topological polar surface area (TPSA) is 36.4 Å². The highest BCUT2D eigenvalue weighted by Gasteiger charge is 2.22. The fourth-order valence-electron chi connectivity index (χ4n) is 1.96. The van der Waals surface area contributed by atoms with E-state index in [1.165, 1.54) is 24.0 Å². The lowest BCUT2D eigenvalue weighted by Crippen LogP contribution is -2.40. The molecule has 1 atom stereocenters. The van der Waals surface area contributed by atoms with Gasteiger partial charge >= 0.3 is 0 Å². The number of aliphatic imine (C=N–C) groups is 1. The third kappa shape index (κ3) is 3.76. The zero-order valence-corrected chi connectivity index (χ0v) is 11.5. The minimum atomic E-state index is 0.489. The molecule has 0 bridgehead atoms. The van der Waals surface area contributed by atoms with Crippen molar-refractivity contribution in [3.8, 4) is 0 Å². The summed E-state index contributed by atoms with van der Waals surface area (Å²) in [5.74, 6) is 1.42. The third-order valence-electron chi connectivity index (χ3n) is 3.33. The molecule has 18 heavy (non-hydrogen) atoms. The van der Waals surface area contributed by atoms with Crippen LogP contribution in [-0.2, 0) is 0 Å². The van der Waals surface area contributed by atoms with Crippen LogP contribution in [0.1, 0.15) is 36.8 Å². The van der Waals surface area contributed by atoms with E-state index in [-0.39, 0.29) is 0 Å². The molecule has 1 fully saturated rings. The van der Waals surface area contributed by atoms with Gasteiger partial charge < -0.3 is 10.6 Å². The molecule has 1 saturated carbocycles. The Morgan fingerprint density at radius 2 is 2.22 bits per heavy atom. The largest absolute Gasteiger partial charge is 0.356 e. The molecule has 3 heteroatoms. The predicted octanol–water partition coefficient (Wildman–Crippen LogP) is 2.43. The van der Waals surface area contributed by atoms with Crippen molar-refractivity contribution >= 4 is 5.96 Å². The monoisotopic (exact) mass is 245 g/mol. The Kier molecular flexibility index (Phi) is 4.24. The van der Waals surface area contributed by atoms with Crippen molar-refractivity contribution < 1.29 is 0 Å². The molecule has 0 aromatic heterocycles. The molecule has 1 aliphatic carbocycles. The van der Waals surface area contributed by atoms with Gasteiger partial charge in [-0.25, -0.2) is 0 Å². The minimum absolute atomic E-state index is 0.489. The number of nitrogens with zero attached hydrogens (tertiary/aromatic N) is 1. The van der Waals surface area contributed by atoms with Crippen LogP contribution in [0, 0.1) is 6.92 Å². The lowest BCUT2D eigenvalue weighted by Gasteiger charge is -2.16. The molecule has 1 aliphatic rings. The van der Waals surface area contributed by atoms with Gasteiger partial charge in [0.05, 0.1) is 0 Å². The van der Waals surface area contributed by atoms with E-state index in [4.69, 9.17) is 0 Å². The highest BCUT2D eigenvalue weighted by molar-refractivity contribution is 5.80. The Morgan fingerprint density at radius 1 is 1.44 bits per heavy atom. The first-order chi connectivity index (χ1) is 8.69. The molecule has 0 amide bonds. The maximum Gasteiger partial charge on any atom is 0.191 e. The van der Waals surface area contributed by atoms with Gasteiger partial charge in [0.15, 0.2) is 5.96 Å². The van der Waals surface area contributed by atoms with E-state index in [0.717, 1.165) is 12.5 Å². The fraction of sp³-hybridized carbons (Fsp3) is 0.533. The molecule has 0 aliphatic heterocycles. The van der Waals surface area contributed by atoms with Crippen LogP contribution in [0.5, 0.6) is 0 Å². The Labute approximate surface area is 110 Å². The average molecular weight is 245 g/mol. The van der Waals surface area contributed by atoms with E-state index >= 15 is 0 Å². The summed E-state index contributed by atoms with van der Waals surface area (Å²) in [6, 6.07) is 9.35. The highest BCUT2D eigenvalue weighted by Crippen LogP contribution is 2.18. The third-order valence-corrected chi connectivity index (χ3v) is 3.33. The number of guanidine groups is 1. The normalized spacial score (nSPS) is 17.4. The van der Waals surface area contributed by atoms with Crippen LogP contribution in [0.25, 0.3) is 0 Å². The Bertz CT molecular complexity index is 422. The molecule has 2 rings (SSSR count). The van der Waals surface area contributed by atoms with E-state index in [2.05, 4.69) is 53.7 Å².